The highest BCUT2D eigenvalue weighted by Crippen LogP contribution is 2.36. The third kappa shape index (κ3) is 4.84. The summed E-state index contributed by atoms with van der Waals surface area (Å²) in [4.78, 5) is 28.0. The first kappa shape index (κ1) is 23.6. The summed E-state index contributed by atoms with van der Waals surface area (Å²) in [7, 11) is 1.59. The molecule has 9 nitrogen and oxygen atoms in total. The van der Waals surface area contributed by atoms with Crippen molar-refractivity contribution in [3.63, 3.8) is 0 Å². The molecule has 1 amide bonds. The number of rotatable bonds is 9. The molecule has 0 unspecified atom stereocenters. The van der Waals surface area contributed by atoms with Gasteiger partial charge in [-0.2, -0.15) is 0 Å². The van der Waals surface area contributed by atoms with Crippen LogP contribution in [0.4, 0.5) is 4.39 Å². The Morgan fingerprint density at radius 1 is 1.17 bits per heavy atom. The van der Waals surface area contributed by atoms with Gasteiger partial charge in [0.25, 0.3) is 5.91 Å². The number of methoxy groups -OCH3 is 1. The van der Waals surface area contributed by atoms with Crippen LogP contribution in [0.2, 0.25) is 0 Å². The SMILES string of the molecule is COCCOC[C@H]1CN(C2CC2)C(=O)c2c(O)c(=O)c(-c3nnc(Cc4ccc(F)cc4)s3)cn21. The molecule has 1 fully saturated rings. The number of halogens is 1. The van der Waals surface area contributed by atoms with Crippen molar-refractivity contribution in [1.29, 1.82) is 0 Å². The quantitative estimate of drug-likeness (QED) is 0.450. The molecular formula is C24H25FN4O5S. The van der Waals surface area contributed by atoms with Gasteiger partial charge in [-0.25, -0.2) is 4.39 Å². The van der Waals surface area contributed by atoms with Crippen molar-refractivity contribution in [3.05, 3.63) is 62.8 Å². The smallest absolute Gasteiger partial charge is 0.274 e. The fourth-order valence-electron chi connectivity index (χ4n) is 4.21. The highest BCUT2D eigenvalue weighted by molar-refractivity contribution is 7.14. The van der Waals surface area contributed by atoms with E-state index in [1.807, 2.05) is 0 Å². The fraction of sp³-hybridized carbons (Fsp3) is 0.417. The molecule has 1 aromatic carbocycles. The molecule has 0 spiro atoms. The van der Waals surface area contributed by atoms with E-state index in [2.05, 4.69) is 10.2 Å². The second-order valence-corrected chi connectivity index (χ2v) is 9.75. The van der Waals surface area contributed by atoms with E-state index in [4.69, 9.17) is 9.47 Å². The van der Waals surface area contributed by atoms with Crippen molar-refractivity contribution in [2.45, 2.75) is 31.3 Å². The number of hydrogen-bond acceptors (Lipinski definition) is 8. The zero-order valence-corrected chi connectivity index (χ0v) is 20.0. The number of carbonyl (C=O) groups is 1. The first-order valence-electron chi connectivity index (χ1n) is 11.4. The van der Waals surface area contributed by atoms with E-state index >= 15 is 0 Å². The van der Waals surface area contributed by atoms with Crippen molar-refractivity contribution in [3.8, 4) is 16.3 Å². The fourth-order valence-corrected chi connectivity index (χ4v) is 5.09. The Balaban J connectivity index is 1.48. The van der Waals surface area contributed by atoms with E-state index in [0.29, 0.717) is 42.8 Å². The van der Waals surface area contributed by atoms with Crippen LogP contribution in [0.3, 0.4) is 0 Å². The molecule has 5 rings (SSSR count). The second kappa shape index (κ2) is 9.84. The average molecular weight is 501 g/mol. The normalized spacial score (nSPS) is 17.6. The molecule has 0 radical (unpaired) electrons. The van der Waals surface area contributed by atoms with E-state index in [1.54, 1.807) is 34.9 Å². The van der Waals surface area contributed by atoms with Crippen LogP contribution in [0.5, 0.6) is 5.75 Å². The molecule has 1 saturated carbocycles. The first-order valence-corrected chi connectivity index (χ1v) is 12.2. The molecule has 3 heterocycles. The Kier molecular flexibility index (Phi) is 6.63. The zero-order chi connectivity index (χ0) is 24.5. The summed E-state index contributed by atoms with van der Waals surface area (Å²) in [6.45, 7) is 1.55. The summed E-state index contributed by atoms with van der Waals surface area (Å²) in [5.74, 6) is -1.26. The van der Waals surface area contributed by atoms with E-state index in [-0.39, 0.29) is 35.1 Å². The molecule has 35 heavy (non-hydrogen) atoms. The zero-order valence-electron chi connectivity index (χ0n) is 19.1. The largest absolute Gasteiger partial charge is 0.503 e. The van der Waals surface area contributed by atoms with Crippen molar-refractivity contribution in [1.82, 2.24) is 19.7 Å². The Bertz CT molecular complexity index is 1290. The minimum atomic E-state index is -0.661. The molecule has 11 heteroatoms. The Labute approximate surface area is 204 Å². The molecule has 1 aliphatic carbocycles. The van der Waals surface area contributed by atoms with Crippen LogP contribution >= 0.6 is 11.3 Å². The summed E-state index contributed by atoms with van der Waals surface area (Å²) in [6.07, 6.45) is 3.83. The maximum atomic E-state index is 13.2. The van der Waals surface area contributed by atoms with E-state index in [9.17, 15) is 19.1 Å². The third-order valence-corrected chi connectivity index (χ3v) is 7.13. The van der Waals surface area contributed by atoms with Gasteiger partial charge in [0.2, 0.25) is 5.43 Å². The van der Waals surface area contributed by atoms with Gasteiger partial charge in [-0.1, -0.05) is 23.5 Å². The number of amides is 1. The van der Waals surface area contributed by atoms with Crippen molar-refractivity contribution >= 4 is 17.2 Å². The lowest BCUT2D eigenvalue weighted by Crippen LogP contribution is -2.46. The maximum absolute atomic E-state index is 13.2. The minimum absolute atomic E-state index is 0.0201. The van der Waals surface area contributed by atoms with Crippen LogP contribution in [0.25, 0.3) is 10.6 Å². The van der Waals surface area contributed by atoms with Gasteiger partial charge in [0.05, 0.1) is 31.4 Å². The molecule has 0 bridgehead atoms. The molecular weight excluding hydrogens is 475 g/mol. The van der Waals surface area contributed by atoms with Crippen LogP contribution in [0, 0.1) is 5.82 Å². The van der Waals surface area contributed by atoms with Crippen LogP contribution in [-0.2, 0) is 15.9 Å². The minimum Gasteiger partial charge on any atom is -0.503 e. The van der Waals surface area contributed by atoms with Gasteiger partial charge in [-0.15, -0.1) is 10.2 Å². The molecule has 2 aliphatic rings. The van der Waals surface area contributed by atoms with Gasteiger partial charge in [0.1, 0.15) is 10.8 Å². The summed E-state index contributed by atoms with van der Waals surface area (Å²) < 4.78 is 25.6. The summed E-state index contributed by atoms with van der Waals surface area (Å²) >= 11 is 1.22. The lowest BCUT2D eigenvalue weighted by Gasteiger charge is -2.36. The second-order valence-electron chi connectivity index (χ2n) is 8.69. The Morgan fingerprint density at radius 3 is 2.66 bits per heavy atom. The number of hydrogen-bond donors (Lipinski definition) is 1. The monoisotopic (exact) mass is 500 g/mol. The van der Waals surface area contributed by atoms with Crippen molar-refractivity contribution < 1.29 is 23.8 Å². The van der Waals surface area contributed by atoms with Crippen molar-refractivity contribution in [2.24, 2.45) is 0 Å². The van der Waals surface area contributed by atoms with Gasteiger partial charge >= 0.3 is 0 Å². The van der Waals surface area contributed by atoms with Crippen LogP contribution < -0.4 is 5.43 Å². The summed E-state index contributed by atoms with van der Waals surface area (Å²) in [6, 6.07) is 5.94. The lowest BCUT2D eigenvalue weighted by molar-refractivity contribution is 0.0329. The summed E-state index contributed by atoms with van der Waals surface area (Å²) in [5.41, 5.74) is 0.348. The third-order valence-electron chi connectivity index (χ3n) is 6.17. The molecule has 1 aliphatic heterocycles. The highest BCUT2D eigenvalue weighted by atomic mass is 32.1. The highest BCUT2D eigenvalue weighted by Gasteiger charge is 2.41. The number of benzene rings is 1. The van der Waals surface area contributed by atoms with Crippen LogP contribution in [0.15, 0.2) is 35.3 Å². The van der Waals surface area contributed by atoms with Gasteiger partial charge < -0.3 is 24.0 Å². The molecule has 2 aromatic heterocycles. The number of nitrogens with zero attached hydrogens (tertiary/aromatic N) is 4. The van der Waals surface area contributed by atoms with Crippen LogP contribution in [-0.4, -0.2) is 70.2 Å². The van der Waals surface area contributed by atoms with Crippen LogP contribution in [0.1, 0.15) is 39.9 Å². The first-order chi connectivity index (χ1) is 17.0. The number of ether oxygens (including phenoxy) is 2. The lowest BCUT2D eigenvalue weighted by atomic mass is 10.1. The molecule has 184 valence electrons. The van der Waals surface area contributed by atoms with Gasteiger partial charge in [-0.3, -0.25) is 9.59 Å². The van der Waals surface area contributed by atoms with Gasteiger partial charge in [-0.05, 0) is 30.5 Å². The van der Waals surface area contributed by atoms with E-state index in [1.165, 1.54) is 23.5 Å². The predicted molar refractivity (Wildman–Crippen MR) is 126 cm³/mol. The van der Waals surface area contributed by atoms with Gasteiger partial charge in [0.15, 0.2) is 16.5 Å². The predicted octanol–water partition coefficient (Wildman–Crippen LogP) is 2.62. The number of fused-ring (bicyclic) bond motifs is 1. The standard InChI is InChI=1S/C24H25FN4O5S/c1-33-8-9-34-13-17-11-29(16-6-7-16)24(32)20-22(31)21(30)18(12-28(17)20)23-27-26-19(35-23)10-14-2-4-15(25)5-3-14/h2-5,12,16-17,31H,6-11,13H2,1H3/t17-/m1/s1. The molecule has 1 atom stereocenters. The molecule has 3 aromatic rings. The molecule has 1 N–H and O–H groups in total. The van der Waals surface area contributed by atoms with Crippen molar-refractivity contribution in [2.75, 3.05) is 33.5 Å². The number of aromatic nitrogens is 3. The van der Waals surface area contributed by atoms with E-state index in [0.717, 1.165) is 18.4 Å². The number of carbonyl (C=O) groups excluding carboxylic acids is 1. The van der Waals surface area contributed by atoms with Gasteiger partial charge in [0, 0.05) is 32.3 Å². The Hall–Kier alpha value is -3.15. The van der Waals surface area contributed by atoms with E-state index < -0.39 is 11.2 Å². The topological polar surface area (TPSA) is 107 Å². The molecule has 0 saturated heterocycles. The number of aromatic hydroxyl groups is 1. The summed E-state index contributed by atoms with van der Waals surface area (Å²) in [5, 5.41) is 20.2. The average Bonchev–Trinajstić information content (AvgIpc) is 3.59. The maximum Gasteiger partial charge on any atom is 0.274 e. The number of pyridine rings is 1. The Morgan fingerprint density at radius 2 is 1.94 bits per heavy atom.